The third-order valence-corrected chi connectivity index (χ3v) is 0.733. The quantitative estimate of drug-likeness (QED) is 0.336. The van der Waals surface area contributed by atoms with Gasteiger partial charge in [0.05, 0.1) is 0 Å². The molecule has 1 N–H and O–H groups in total. The first-order valence-electron chi connectivity index (χ1n) is 2.37. The van der Waals surface area contributed by atoms with Gasteiger partial charge in [0.25, 0.3) is 0 Å². The maximum atomic E-state index is 11.3. The zero-order valence-electron chi connectivity index (χ0n) is 4.69. The van der Waals surface area contributed by atoms with E-state index in [0.29, 0.717) is 7.15 Å². The molecule has 9 heavy (non-hydrogen) atoms. The SMILES string of the molecule is N=C(B=O)CCC(=O)F. The van der Waals surface area contributed by atoms with Gasteiger partial charge in [-0.2, -0.15) is 0 Å². The van der Waals surface area contributed by atoms with Gasteiger partial charge in [-0.25, -0.2) is 0 Å². The van der Waals surface area contributed by atoms with Gasteiger partial charge in [-0.3, -0.25) is 0 Å². The predicted molar refractivity (Wildman–Crippen MR) is 29.5 cm³/mol. The number of carbonyl (C=O) groups excluding carboxylic acids is 1. The van der Waals surface area contributed by atoms with Crippen LogP contribution in [0, 0.1) is 5.41 Å². The van der Waals surface area contributed by atoms with Gasteiger partial charge in [-0.1, -0.05) is 0 Å². The molecule has 0 bridgehead atoms. The second-order valence-corrected chi connectivity index (χ2v) is 1.50. The Balaban J connectivity index is 3.39. The van der Waals surface area contributed by atoms with E-state index < -0.39 is 6.04 Å². The Kier molecular flexibility index (Phi) is 3.67. The minimum atomic E-state index is -1.48. The number of hydrogen-bond donors (Lipinski definition) is 1. The summed E-state index contributed by atoms with van der Waals surface area (Å²) in [5, 5.41) is 6.64. The van der Waals surface area contributed by atoms with E-state index in [2.05, 4.69) is 0 Å². The molecule has 0 fully saturated rings. The number of rotatable bonds is 4. The minimum absolute atomic E-state index is 0.0984. The van der Waals surface area contributed by atoms with E-state index in [1.54, 1.807) is 0 Å². The van der Waals surface area contributed by atoms with Gasteiger partial charge < -0.3 is 0 Å². The van der Waals surface area contributed by atoms with E-state index in [-0.39, 0.29) is 18.5 Å². The first-order chi connectivity index (χ1) is 4.16. The third kappa shape index (κ3) is 5.00. The maximum absolute atomic E-state index is 11.3. The molecule has 0 aliphatic heterocycles. The standard InChI is InChI=1S/C4H5BFNO2/c6-4(8)2-1-3(7)5-9/h7H,1-2H2. The molecule has 0 aliphatic rings. The zero-order chi connectivity index (χ0) is 7.28. The van der Waals surface area contributed by atoms with Crippen molar-refractivity contribution in [3.8, 4) is 0 Å². The molecule has 0 saturated carbocycles. The Morgan fingerprint density at radius 1 is 1.56 bits per heavy atom. The topological polar surface area (TPSA) is 58.0 Å². The van der Waals surface area contributed by atoms with E-state index >= 15 is 0 Å². The van der Waals surface area contributed by atoms with Gasteiger partial charge in [0.1, 0.15) is 0 Å². The molecule has 3 nitrogen and oxygen atoms in total. The van der Waals surface area contributed by atoms with Crippen molar-refractivity contribution in [2.45, 2.75) is 12.8 Å². The number of halogens is 1. The molecule has 0 aromatic carbocycles. The Labute approximate surface area is 52.0 Å². The number of carbonyl (C=O) groups is 1. The Morgan fingerprint density at radius 3 is 2.44 bits per heavy atom. The summed E-state index contributed by atoms with van der Waals surface area (Å²) in [5.74, 6) is 0. The summed E-state index contributed by atoms with van der Waals surface area (Å²) < 4.78 is 21.0. The van der Waals surface area contributed by atoms with E-state index in [0.717, 1.165) is 0 Å². The van der Waals surface area contributed by atoms with E-state index in [1.165, 1.54) is 0 Å². The third-order valence-electron chi connectivity index (χ3n) is 0.733. The molecule has 5 heteroatoms. The van der Waals surface area contributed by atoms with Gasteiger partial charge >= 0.3 is 50.9 Å². The molecule has 0 aliphatic carbocycles. The number of nitrogens with one attached hydrogen (secondary N) is 1. The molecule has 48 valence electrons. The van der Waals surface area contributed by atoms with Crippen molar-refractivity contribution in [2.24, 2.45) is 0 Å². The average Bonchev–Trinajstić information content (AvgIpc) is 1.83. The van der Waals surface area contributed by atoms with E-state index in [1.807, 2.05) is 0 Å². The molecule has 0 unspecified atom stereocenters. The van der Waals surface area contributed by atoms with Gasteiger partial charge in [0, 0.05) is 0 Å². The molecule has 0 aromatic rings. The fourth-order valence-corrected chi connectivity index (χ4v) is 0.292. The second-order valence-electron chi connectivity index (χ2n) is 1.50. The van der Waals surface area contributed by atoms with Crippen molar-refractivity contribution in [1.82, 2.24) is 0 Å². The number of hydrogen-bond acceptors (Lipinski definition) is 3. The van der Waals surface area contributed by atoms with Crippen molar-refractivity contribution >= 4 is 18.8 Å². The van der Waals surface area contributed by atoms with Crippen LogP contribution in [0.2, 0.25) is 0 Å². The summed E-state index contributed by atoms with van der Waals surface area (Å²) in [7, 11) is 0.295. The van der Waals surface area contributed by atoms with Gasteiger partial charge in [0.15, 0.2) is 0 Å². The summed E-state index contributed by atoms with van der Waals surface area (Å²) in [4.78, 5) is 9.58. The molecular formula is C4H5BFNO2. The van der Waals surface area contributed by atoms with Crippen LogP contribution < -0.4 is 0 Å². The van der Waals surface area contributed by atoms with Crippen LogP contribution in [-0.4, -0.2) is 18.8 Å². The van der Waals surface area contributed by atoms with Gasteiger partial charge in [0.2, 0.25) is 0 Å². The van der Waals surface area contributed by atoms with Crippen LogP contribution in [0.1, 0.15) is 12.8 Å². The van der Waals surface area contributed by atoms with Gasteiger partial charge in [-0.05, 0) is 0 Å². The first kappa shape index (κ1) is 8.13. The molecule has 0 spiro atoms. The fourth-order valence-electron chi connectivity index (χ4n) is 0.292. The first-order valence-corrected chi connectivity index (χ1v) is 2.37. The Bertz CT molecular complexity index is 148. The molecule has 0 amide bonds. The molecule has 0 aromatic heterocycles. The summed E-state index contributed by atoms with van der Waals surface area (Å²) in [6, 6.07) is -1.48. The van der Waals surface area contributed by atoms with Crippen molar-refractivity contribution in [3.63, 3.8) is 0 Å². The summed E-state index contributed by atoms with van der Waals surface area (Å²) in [5.41, 5.74) is -0.249. The normalized spacial score (nSPS) is 8.11. The molecule has 0 atom stereocenters. The Hall–Kier alpha value is -0.865. The van der Waals surface area contributed by atoms with Crippen LogP contribution in [-0.2, 0) is 9.50 Å². The molecular weight excluding hydrogens is 124 g/mol. The van der Waals surface area contributed by atoms with Crippen LogP contribution in [0.4, 0.5) is 4.39 Å². The average molecular weight is 129 g/mol. The molecule has 0 rings (SSSR count). The van der Waals surface area contributed by atoms with Crippen molar-refractivity contribution in [2.75, 3.05) is 0 Å². The molecule has 0 saturated heterocycles. The molecule has 0 radical (unpaired) electrons. The molecule has 0 heterocycles. The summed E-state index contributed by atoms with van der Waals surface area (Å²) in [6.45, 7) is 0. The van der Waals surface area contributed by atoms with Crippen LogP contribution >= 0.6 is 0 Å². The summed E-state index contributed by atoms with van der Waals surface area (Å²) in [6.07, 6.45) is -0.462. The van der Waals surface area contributed by atoms with Crippen LogP contribution in [0.5, 0.6) is 0 Å². The van der Waals surface area contributed by atoms with Crippen LogP contribution in [0.25, 0.3) is 0 Å². The van der Waals surface area contributed by atoms with Crippen LogP contribution in [0.15, 0.2) is 0 Å². The fraction of sp³-hybridized carbons (Fsp3) is 0.500. The van der Waals surface area contributed by atoms with Crippen molar-refractivity contribution < 1.29 is 13.9 Å². The van der Waals surface area contributed by atoms with E-state index in [9.17, 15) is 13.9 Å². The zero-order valence-corrected chi connectivity index (χ0v) is 4.69. The monoisotopic (exact) mass is 129 g/mol. The van der Waals surface area contributed by atoms with E-state index in [4.69, 9.17) is 5.41 Å². The summed E-state index contributed by atoms with van der Waals surface area (Å²) >= 11 is 0. The second kappa shape index (κ2) is 4.06. The van der Waals surface area contributed by atoms with Crippen LogP contribution in [0.3, 0.4) is 0 Å². The van der Waals surface area contributed by atoms with Gasteiger partial charge in [-0.15, -0.1) is 0 Å². The Morgan fingerprint density at radius 2 is 2.11 bits per heavy atom. The predicted octanol–water partition coefficient (Wildman–Crippen LogP) is 0.290. The van der Waals surface area contributed by atoms with Crippen molar-refractivity contribution in [1.29, 1.82) is 5.41 Å². The van der Waals surface area contributed by atoms with Crippen molar-refractivity contribution in [3.05, 3.63) is 0 Å².